The Labute approximate surface area is 169 Å². The van der Waals surface area contributed by atoms with Crippen LogP contribution in [-0.4, -0.2) is 8.42 Å². The normalized spacial score (nSPS) is 12.7. The molecule has 27 heavy (non-hydrogen) atoms. The molecule has 3 aromatic carbocycles. The van der Waals surface area contributed by atoms with Crippen LogP contribution in [0.3, 0.4) is 0 Å². The van der Waals surface area contributed by atoms with Crippen LogP contribution in [0.5, 0.6) is 0 Å². The van der Waals surface area contributed by atoms with Crippen molar-refractivity contribution in [2.75, 3.05) is 0 Å². The Kier molecular flexibility index (Phi) is 6.22. The van der Waals surface area contributed by atoms with Gasteiger partial charge in [-0.05, 0) is 54.4 Å². The molecule has 0 aliphatic heterocycles. The zero-order valence-electron chi connectivity index (χ0n) is 14.7. The second-order valence-corrected chi connectivity index (χ2v) is 9.00. The summed E-state index contributed by atoms with van der Waals surface area (Å²) < 4.78 is 25.8. The van der Waals surface area contributed by atoms with Gasteiger partial charge in [0, 0.05) is 17.6 Å². The van der Waals surface area contributed by atoms with Crippen LogP contribution in [0.25, 0.3) is 0 Å². The second kappa shape index (κ2) is 8.44. The highest BCUT2D eigenvalue weighted by molar-refractivity contribution is 7.91. The predicted molar refractivity (Wildman–Crippen MR) is 110 cm³/mol. The van der Waals surface area contributed by atoms with Crippen molar-refractivity contribution in [1.29, 1.82) is 0 Å². The van der Waals surface area contributed by atoms with Crippen LogP contribution in [0.1, 0.15) is 24.1 Å². The Morgan fingerprint density at radius 3 is 2.37 bits per heavy atom. The average molecular weight is 420 g/mol. The summed E-state index contributed by atoms with van der Waals surface area (Å²) in [5.41, 5.74) is 1.90. The molecule has 0 saturated carbocycles. The van der Waals surface area contributed by atoms with E-state index >= 15 is 0 Å². The maximum Gasteiger partial charge on any atom is 0.208 e. The van der Waals surface area contributed by atoms with Gasteiger partial charge < -0.3 is 5.32 Å². The van der Waals surface area contributed by atoms with E-state index in [9.17, 15) is 8.42 Å². The fraction of sp³-hybridized carbons (Fsp3) is 0.143. The van der Waals surface area contributed by atoms with Crippen LogP contribution < -0.4 is 5.32 Å². The number of hydrogen-bond donors (Lipinski definition) is 1. The minimum Gasteiger partial charge on any atom is -0.306 e. The first-order valence-electron chi connectivity index (χ1n) is 8.45. The van der Waals surface area contributed by atoms with Gasteiger partial charge in [-0.15, -0.1) is 0 Å². The molecule has 1 N–H and O–H groups in total. The summed E-state index contributed by atoms with van der Waals surface area (Å²) in [4.78, 5) is 0.342. The molecular formula is C21H19Cl2NO2S. The molecular weight excluding hydrogens is 401 g/mol. The molecule has 0 heterocycles. The number of nitrogens with one attached hydrogen (secondary N) is 1. The molecule has 0 fully saturated rings. The van der Waals surface area contributed by atoms with E-state index in [-0.39, 0.29) is 20.9 Å². The molecule has 0 aliphatic carbocycles. The first-order chi connectivity index (χ1) is 12.9. The van der Waals surface area contributed by atoms with Crippen molar-refractivity contribution in [3.63, 3.8) is 0 Å². The van der Waals surface area contributed by atoms with E-state index in [4.69, 9.17) is 23.2 Å². The van der Waals surface area contributed by atoms with E-state index in [1.165, 1.54) is 0 Å². The standard InChI is InChI=1S/C21H19Cl2NO2S/c1-15(17-6-5-7-18(22)13-17)24-14-16-10-11-20(23)21(12-16)27(25,26)19-8-3-2-4-9-19/h2-13,15,24H,14H2,1H3/t15-/m1/s1. The smallest absolute Gasteiger partial charge is 0.208 e. The number of benzene rings is 3. The van der Waals surface area contributed by atoms with Gasteiger partial charge in [-0.1, -0.05) is 59.6 Å². The van der Waals surface area contributed by atoms with E-state index in [0.717, 1.165) is 11.1 Å². The molecule has 0 bridgehead atoms. The number of rotatable bonds is 6. The Balaban J connectivity index is 1.82. The summed E-state index contributed by atoms with van der Waals surface area (Å²) in [6.07, 6.45) is 0. The second-order valence-electron chi connectivity index (χ2n) is 6.24. The summed E-state index contributed by atoms with van der Waals surface area (Å²) in [6, 6.07) is 21.1. The van der Waals surface area contributed by atoms with Crippen molar-refractivity contribution in [2.24, 2.45) is 0 Å². The van der Waals surface area contributed by atoms with Gasteiger partial charge in [-0.3, -0.25) is 0 Å². The highest BCUT2D eigenvalue weighted by Crippen LogP contribution is 2.28. The van der Waals surface area contributed by atoms with Crippen molar-refractivity contribution >= 4 is 33.0 Å². The summed E-state index contributed by atoms with van der Waals surface area (Å²) >= 11 is 12.2. The van der Waals surface area contributed by atoms with Gasteiger partial charge in [-0.2, -0.15) is 0 Å². The van der Waals surface area contributed by atoms with Gasteiger partial charge in [0.05, 0.1) is 14.8 Å². The molecule has 0 aliphatic rings. The van der Waals surface area contributed by atoms with Crippen molar-refractivity contribution in [3.05, 3.63) is 94.0 Å². The lowest BCUT2D eigenvalue weighted by Gasteiger charge is -2.15. The van der Waals surface area contributed by atoms with Crippen molar-refractivity contribution in [2.45, 2.75) is 29.3 Å². The van der Waals surface area contributed by atoms with Gasteiger partial charge in [0.2, 0.25) is 9.84 Å². The van der Waals surface area contributed by atoms with Gasteiger partial charge in [0.25, 0.3) is 0 Å². The SMILES string of the molecule is C[C@@H](NCc1ccc(Cl)c(S(=O)(=O)c2ccccc2)c1)c1cccc(Cl)c1. The zero-order valence-corrected chi connectivity index (χ0v) is 17.0. The van der Waals surface area contributed by atoms with Crippen molar-refractivity contribution < 1.29 is 8.42 Å². The monoisotopic (exact) mass is 419 g/mol. The third-order valence-electron chi connectivity index (χ3n) is 4.30. The summed E-state index contributed by atoms with van der Waals surface area (Å²) in [7, 11) is -3.67. The Morgan fingerprint density at radius 2 is 1.67 bits per heavy atom. The number of halogens is 2. The fourth-order valence-corrected chi connectivity index (χ4v) is 4.78. The quantitative estimate of drug-likeness (QED) is 0.558. The average Bonchev–Trinajstić information content (AvgIpc) is 2.67. The van der Waals surface area contributed by atoms with E-state index < -0.39 is 9.84 Å². The molecule has 3 nitrogen and oxygen atoms in total. The molecule has 0 saturated heterocycles. The highest BCUT2D eigenvalue weighted by Gasteiger charge is 2.21. The summed E-state index contributed by atoms with van der Waals surface area (Å²) in [5.74, 6) is 0. The first kappa shape index (κ1) is 19.9. The molecule has 6 heteroatoms. The maximum absolute atomic E-state index is 12.9. The molecule has 1 atom stereocenters. The summed E-state index contributed by atoms with van der Waals surface area (Å²) in [5, 5.41) is 4.28. The predicted octanol–water partition coefficient (Wildman–Crippen LogP) is 5.68. The van der Waals surface area contributed by atoms with Gasteiger partial charge in [0.15, 0.2) is 0 Å². The Hall–Kier alpha value is -1.85. The minimum absolute atomic E-state index is 0.0635. The number of hydrogen-bond acceptors (Lipinski definition) is 3. The third-order valence-corrected chi connectivity index (χ3v) is 6.79. The molecule has 0 amide bonds. The maximum atomic E-state index is 12.9. The van der Waals surface area contributed by atoms with E-state index in [2.05, 4.69) is 5.32 Å². The van der Waals surface area contributed by atoms with Crippen LogP contribution in [0, 0.1) is 0 Å². The molecule has 0 unspecified atom stereocenters. The highest BCUT2D eigenvalue weighted by atomic mass is 35.5. The lowest BCUT2D eigenvalue weighted by Crippen LogP contribution is -2.18. The van der Waals surface area contributed by atoms with Crippen LogP contribution >= 0.6 is 23.2 Å². The zero-order chi connectivity index (χ0) is 19.4. The molecule has 0 radical (unpaired) electrons. The lowest BCUT2D eigenvalue weighted by atomic mass is 10.1. The third kappa shape index (κ3) is 4.71. The van der Waals surface area contributed by atoms with Crippen LogP contribution in [0.2, 0.25) is 10.0 Å². The van der Waals surface area contributed by atoms with Crippen LogP contribution in [-0.2, 0) is 16.4 Å². The van der Waals surface area contributed by atoms with Crippen molar-refractivity contribution in [3.8, 4) is 0 Å². The van der Waals surface area contributed by atoms with Gasteiger partial charge >= 0.3 is 0 Å². The summed E-state index contributed by atoms with van der Waals surface area (Å²) in [6.45, 7) is 2.53. The van der Waals surface area contributed by atoms with Gasteiger partial charge in [-0.25, -0.2) is 8.42 Å². The van der Waals surface area contributed by atoms with Gasteiger partial charge in [0.1, 0.15) is 0 Å². The topological polar surface area (TPSA) is 46.2 Å². The Bertz CT molecular complexity index is 1040. The van der Waals surface area contributed by atoms with Crippen molar-refractivity contribution in [1.82, 2.24) is 5.32 Å². The largest absolute Gasteiger partial charge is 0.306 e. The van der Waals surface area contributed by atoms with E-state index in [0.29, 0.717) is 11.6 Å². The molecule has 140 valence electrons. The van der Waals surface area contributed by atoms with E-state index in [1.807, 2.05) is 37.3 Å². The lowest BCUT2D eigenvalue weighted by molar-refractivity contribution is 0.573. The first-order valence-corrected chi connectivity index (χ1v) is 10.7. The molecule has 0 spiro atoms. The molecule has 3 rings (SSSR count). The number of sulfone groups is 1. The van der Waals surface area contributed by atoms with E-state index in [1.54, 1.807) is 42.5 Å². The minimum atomic E-state index is -3.67. The van der Waals surface area contributed by atoms with Crippen LogP contribution in [0.15, 0.2) is 82.6 Å². The fourth-order valence-electron chi connectivity index (χ4n) is 2.76. The molecule has 3 aromatic rings. The Morgan fingerprint density at radius 1 is 0.926 bits per heavy atom. The van der Waals surface area contributed by atoms with Crippen LogP contribution in [0.4, 0.5) is 0 Å². The molecule has 0 aromatic heterocycles.